The highest BCUT2D eigenvalue weighted by Crippen LogP contribution is 2.28. The summed E-state index contributed by atoms with van der Waals surface area (Å²) in [5, 5.41) is 4.22. The third-order valence-corrected chi connectivity index (χ3v) is 5.31. The van der Waals surface area contributed by atoms with Crippen molar-refractivity contribution in [2.45, 2.75) is 18.6 Å². The van der Waals surface area contributed by atoms with Crippen molar-refractivity contribution in [2.75, 3.05) is 19.4 Å². The predicted molar refractivity (Wildman–Crippen MR) is 107 cm³/mol. The highest BCUT2D eigenvalue weighted by atomic mass is 35.5. The lowest BCUT2D eigenvalue weighted by molar-refractivity contribution is -0.118. The van der Waals surface area contributed by atoms with Gasteiger partial charge in [0.2, 0.25) is 5.91 Å². The number of carbonyl (C=O) groups is 1. The molecule has 0 fully saturated rings. The Hall–Kier alpha value is -1.36. The molecule has 0 spiro atoms. The quantitative estimate of drug-likeness (QED) is 0.605. The van der Waals surface area contributed by atoms with Gasteiger partial charge in [0.1, 0.15) is 5.75 Å². The molecule has 2 rings (SSSR count). The van der Waals surface area contributed by atoms with Gasteiger partial charge < -0.3 is 10.1 Å². The standard InChI is InChI=1S/C19H21Cl2NO2S/c1-24-15-7-2-5-14(11-15)6-4-10-22-19(23)13-25-12-16-17(20)8-3-9-18(16)21/h2-3,5,7-9,11H,4,6,10,12-13H2,1H3,(H,22,23). The molecule has 2 aromatic rings. The molecule has 0 heterocycles. The van der Waals surface area contributed by atoms with Gasteiger partial charge in [-0.25, -0.2) is 0 Å². The largest absolute Gasteiger partial charge is 0.497 e. The Labute approximate surface area is 163 Å². The molecule has 0 aliphatic carbocycles. The van der Waals surface area contributed by atoms with Gasteiger partial charge in [-0.15, -0.1) is 11.8 Å². The first kappa shape index (κ1) is 20.0. The zero-order valence-electron chi connectivity index (χ0n) is 14.1. The van der Waals surface area contributed by atoms with Crippen LogP contribution in [-0.2, 0) is 17.0 Å². The van der Waals surface area contributed by atoms with Gasteiger partial charge in [0.25, 0.3) is 0 Å². The third-order valence-electron chi connectivity index (χ3n) is 3.64. The number of hydrogen-bond acceptors (Lipinski definition) is 3. The van der Waals surface area contributed by atoms with Crippen molar-refractivity contribution in [3.05, 3.63) is 63.6 Å². The fourth-order valence-corrected chi connectivity index (χ4v) is 3.91. The zero-order chi connectivity index (χ0) is 18.1. The van der Waals surface area contributed by atoms with Crippen molar-refractivity contribution in [2.24, 2.45) is 0 Å². The van der Waals surface area contributed by atoms with Gasteiger partial charge in [0, 0.05) is 22.3 Å². The van der Waals surface area contributed by atoms with Crippen LogP contribution in [0.3, 0.4) is 0 Å². The van der Waals surface area contributed by atoms with Crippen LogP contribution in [0.5, 0.6) is 5.75 Å². The summed E-state index contributed by atoms with van der Waals surface area (Å²) in [5.74, 6) is 1.89. The second-order valence-corrected chi connectivity index (χ2v) is 7.30. The minimum absolute atomic E-state index is 0.0267. The van der Waals surface area contributed by atoms with Gasteiger partial charge in [-0.2, -0.15) is 0 Å². The maximum atomic E-state index is 11.9. The van der Waals surface area contributed by atoms with Gasteiger partial charge in [0.05, 0.1) is 12.9 Å². The number of ether oxygens (including phenoxy) is 1. The van der Waals surface area contributed by atoms with Crippen molar-refractivity contribution < 1.29 is 9.53 Å². The van der Waals surface area contributed by atoms with Crippen LogP contribution in [-0.4, -0.2) is 25.3 Å². The van der Waals surface area contributed by atoms with Crippen molar-refractivity contribution in [1.82, 2.24) is 5.32 Å². The fourth-order valence-electron chi connectivity index (χ4n) is 2.32. The van der Waals surface area contributed by atoms with E-state index < -0.39 is 0 Å². The highest BCUT2D eigenvalue weighted by molar-refractivity contribution is 7.99. The minimum Gasteiger partial charge on any atom is -0.497 e. The summed E-state index contributed by atoms with van der Waals surface area (Å²) in [5.41, 5.74) is 2.08. The average Bonchev–Trinajstić information content (AvgIpc) is 2.61. The van der Waals surface area contributed by atoms with Crippen LogP contribution < -0.4 is 10.1 Å². The molecule has 1 amide bonds. The smallest absolute Gasteiger partial charge is 0.230 e. The molecule has 0 saturated heterocycles. The lowest BCUT2D eigenvalue weighted by Gasteiger charge is -2.08. The molecule has 134 valence electrons. The lowest BCUT2D eigenvalue weighted by Crippen LogP contribution is -2.26. The molecule has 0 atom stereocenters. The zero-order valence-corrected chi connectivity index (χ0v) is 16.4. The molecule has 0 aliphatic heterocycles. The van der Waals surface area contributed by atoms with E-state index in [0.717, 1.165) is 24.2 Å². The van der Waals surface area contributed by atoms with E-state index in [9.17, 15) is 4.79 Å². The highest BCUT2D eigenvalue weighted by Gasteiger charge is 2.07. The molecule has 1 N–H and O–H groups in total. The number of hydrogen-bond donors (Lipinski definition) is 1. The average molecular weight is 398 g/mol. The van der Waals surface area contributed by atoms with Crippen LogP contribution in [0.15, 0.2) is 42.5 Å². The Morgan fingerprint density at radius 3 is 2.60 bits per heavy atom. The molecule has 0 unspecified atom stereocenters. The van der Waals surface area contributed by atoms with Crippen molar-refractivity contribution in [1.29, 1.82) is 0 Å². The molecule has 0 aliphatic rings. The van der Waals surface area contributed by atoms with E-state index in [0.29, 0.717) is 28.1 Å². The van der Waals surface area contributed by atoms with E-state index >= 15 is 0 Å². The van der Waals surface area contributed by atoms with Crippen LogP contribution in [0, 0.1) is 0 Å². The first-order valence-electron chi connectivity index (χ1n) is 8.00. The third kappa shape index (κ3) is 6.81. The molecule has 0 radical (unpaired) electrons. The summed E-state index contributed by atoms with van der Waals surface area (Å²) in [7, 11) is 1.66. The van der Waals surface area contributed by atoms with Crippen molar-refractivity contribution in [3.63, 3.8) is 0 Å². The number of nitrogens with one attached hydrogen (secondary N) is 1. The maximum absolute atomic E-state index is 11.9. The van der Waals surface area contributed by atoms with E-state index in [1.165, 1.54) is 17.3 Å². The Morgan fingerprint density at radius 1 is 1.16 bits per heavy atom. The Kier molecular flexibility index (Phi) is 8.45. The van der Waals surface area contributed by atoms with E-state index in [2.05, 4.69) is 11.4 Å². The number of amides is 1. The van der Waals surface area contributed by atoms with Gasteiger partial charge in [-0.05, 0) is 48.2 Å². The monoisotopic (exact) mass is 397 g/mol. The summed E-state index contributed by atoms with van der Waals surface area (Å²) in [6.45, 7) is 0.656. The summed E-state index contributed by atoms with van der Waals surface area (Å²) < 4.78 is 5.21. The Morgan fingerprint density at radius 2 is 1.88 bits per heavy atom. The van der Waals surface area contributed by atoms with Gasteiger partial charge in [-0.1, -0.05) is 41.4 Å². The van der Waals surface area contributed by atoms with Crippen LogP contribution >= 0.6 is 35.0 Å². The summed E-state index contributed by atoms with van der Waals surface area (Å²) in [6, 6.07) is 13.4. The van der Waals surface area contributed by atoms with Gasteiger partial charge in [0.15, 0.2) is 0 Å². The predicted octanol–water partition coefficient (Wildman–Crippen LogP) is 4.98. The molecule has 6 heteroatoms. The van der Waals surface area contributed by atoms with Crippen LogP contribution in [0.1, 0.15) is 17.5 Å². The van der Waals surface area contributed by atoms with Crippen LogP contribution in [0.25, 0.3) is 0 Å². The number of methoxy groups -OCH3 is 1. The molecule has 3 nitrogen and oxygen atoms in total. The summed E-state index contributed by atoms with van der Waals surface area (Å²) in [6.07, 6.45) is 1.79. The minimum atomic E-state index is 0.0267. The topological polar surface area (TPSA) is 38.3 Å². The Bertz CT molecular complexity index is 689. The van der Waals surface area contributed by atoms with Crippen LogP contribution in [0.4, 0.5) is 0 Å². The molecule has 2 aromatic carbocycles. The van der Waals surface area contributed by atoms with Crippen molar-refractivity contribution in [3.8, 4) is 5.75 Å². The number of halogens is 2. The maximum Gasteiger partial charge on any atom is 0.230 e. The van der Waals surface area contributed by atoms with Gasteiger partial charge >= 0.3 is 0 Å². The van der Waals surface area contributed by atoms with E-state index in [1.54, 1.807) is 7.11 Å². The number of benzene rings is 2. The first-order valence-corrected chi connectivity index (χ1v) is 9.91. The van der Waals surface area contributed by atoms with Crippen LogP contribution in [0.2, 0.25) is 10.0 Å². The lowest BCUT2D eigenvalue weighted by atomic mass is 10.1. The molecule has 0 saturated carbocycles. The van der Waals surface area contributed by atoms with E-state index in [-0.39, 0.29) is 5.91 Å². The Balaban J connectivity index is 1.64. The number of thioether (sulfide) groups is 1. The molecular weight excluding hydrogens is 377 g/mol. The fraction of sp³-hybridized carbons (Fsp3) is 0.316. The number of carbonyl (C=O) groups excluding carboxylic acids is 1. The molecule has 25 heavy (non-hydrogen) atoms. The SMILES string of the molecule is COc1cccc(CCCNC(=O)CSCc2c(Cl)cccc2Cl)c1. The normalized spacial score (nSPS) is 10.5. The second kappa shape index (κ2) is 10.6. The molecule has 0 aromatic heterocycles. The second-order valence-electron chi connectivity index (χ2n) is 5.50. The number of aryl methyl sites for hydroxylation is 1. The summed E-state index contributed by atoms with van der Waals surface area (Å²) >= 11 is 13.7. The van der Waals surface area contributed by atoms with Gasteiger partial charge in [-0.3, -0.25) is 4.79 Å². The molecular formula is C19H21Cl2NO2S. The first-order chi connectivity index (χ1) is 12.1. The molecule has 0 bridgehead atoms. The number of rotatable bonds is 9. The summed E-state index contributed by atoms with van der Waals surface area (Å²) in [4.78, 5) is 11.9. The van der Waals surface area contributed by atoms with E-state index in [4.69, 9.17) is 27.9 Å². The van der Waals surface area contributed by atoms with E-state index in [1.807, 2.05) is 36.4 Å². The van der Waals surface area contributed by atoms with Crippen molar-refractivity contribution >= 4 is 40.9 Å².